The van der Waals surface area contributed by atoms with Crippen LogP contribution < -0.4 is 5.73 Å². The molecular weight excluding hydrogens is 248 g/mol. The predicted molar refractivity (Wildman–Crippen MR) is 76.9 cm³/mol. The third kappa shape index (κ3) is 2.96. The molecule has 1 aromatic rings. The number of halogens is 1. The lowest BCUT2D eigenvalue weighted by atomic mass is 9.87. The second kappa shape index (κ2) is 5.19. The first-order valence-corrected chi connectivity index (χ1v) is 6.35. The Morgan fingerprint density at radius 1 is 1.39 bits per heavy atom. The van der Waals surface area contributed by atoms with Crippen molar-refractivity contribution in [3.63, 3.8) is 0 Å². The van der Waals surface area contributed by atoms with E-state index in [4.69, 9.17) is 17.3 Å². The van der Waals surface area contributed by atoms with Crippen LogP contribution in [0.2, 0.25) is 5.02 Å². The third-order valence-electron chi connectivity index (χ3n) is 3.44. The average Bonchev–Trinajstić information content (AvgIpc) is 2.28. The Bertz CT molecular complexity index is 452. The van der Waals surface area contributed by atoms with E-state index in [0.717, 1.165) is 0 Å². The molecule has 0 aliphatic carbocycles. The summed E-state index contributed by atoms with van der Waals surface area (Å²) in [5.41, 5.74) is 6.67. The summed E-state index contributed by atoms with van der Waals surface area (Å²) >= 11 is 5.94. The number of para-hydroxylation sites is 1. The van der Waals surface area contributed by atoms with Gasteiger partial charge in [0.05, 0.1) is 16.3 Å². The van der Waals surface area contributed by atoms with Crippen LogP contribution in [-0.4, -0.2) is 23.9 Å². The van der Waals surface area contributed by atoms with Gasteiger partial charge in [-0.25, -0.2) is 0 Å². The van der Waals surface area contributed by atoms with Gasteiger partial charge in [0.2, 0.25) is 0 Å². The van der Waals surface area contributed by atoms with E-state index in [1.165, 1.54) is 0 Å². The average molecular weight is 269 g/mol. The van der Waals surface area contributed by atoms with Crippen molar-refractivity contribution in [1.29, 1.82) is 0 Å². The molecule has 0 bridgehead atoms. The van der Waals surface area contributed by atoms with Crippen molar-refractivity contribution in [2.24, 2.45) is 5.41 Å². The molecule has 1 rings (SSSR count). The number of benzene rings is 1. The lowest BCUT2D eigenvalue weighted by molar-refractivity contribution is 0.0630. The van der Waals surface area contributed by atoms with Crippen molar-refractivity contribution in [3.8, 4) is 0 Å². The Labute approximate surface area is 114 Å². The zero-order valence-corrected chi connectivity index (χ0v) is 12.4. The maximum Gasteiger partial charge on any atom is 0.255 e. The molecule has 1 aromatic carbocycles. The number of amides is 1. The minimum absolute atomic E-state index is 0.0117. The summed E-state index contributed by atoms with van der Waals surface area (Å²) in [7, 11) is 1.79. The number of carbonyl (C=O) groups is 1. The Balaban J connectivity index is 3.05. The lowest BCUT2D eigenvalue weighted by Gasteiger charge is -2.35. The van der Waals surface area contributed by atoms with Gasteiger partial charge in [-0.05, 0) is 24.5 Å². The number of anilines is 1. The molecule has 2 N–H and O–H groups in total. The van der Waals surface area contributed by atoms with Gasteiger partial charge in [0.15, 0.2) is 0 Å². The van der Waals surface area contributed by atoms with Crippen molar-refractivity contribution in [2.75, 3.05) is 12.8 Å². The zero-order valence-electron chi connectivity index (χ0n) is 11.6. The summed E-state index contributed by atoms with van der Waals surface area (Å²) in [4.78, 5) is 14.1. The minimum atomic E-state index is -0.0996. The summed E-state index contributed by atoms with van der Waals surface area (Å²) in [5.74, 6) is -0.0996. The molecule has 0 fully saturated rings. The van der Waals surface area contributed by atoms with Crippen LogP contribution in [0.5, 0.6) is 0 Å². The van der Waals surface area contributed by atoms with Crippen LogP contribution in [0.3, 0.4) is 0 Å². The number of rotatable bonds is 2. The Hall–Kier alpha value is -1.22. The highest BCUT2D eigenvalue weighted by atomic mass is 35.5. The Kier molecular flexibility index (Phi) is 4.28. The second-order valence-corrected chi connectivity index (χ2v) is 6.07. The van der Waals surface area contributed by atoms with E-state index in [2.05, 4.69) is 20.8 Å². The van der Waals surface area contributed by atoms with Crippen molar-refractivity contribution >= 4 is 23.2 Å². The first-order chi connectivity index (χ1) is 8.16. The van der Waals surface area contributed by atoms with Gasteiger partial charge in [-0.1, -0.05) is 38.4 Å². The maximum absolute atomic E-state index is 12.4. The van der Waals surface area contributed by atoms with Crippen molar-refractivity contribution in [3.05, 3.63) is 28.8 Å². The predicted octanol–water partition coefficient (Wildman–Crippen LogP) is 3.43. The normalized spacial score (nSPS) is 13.2. The van der Waals surface area contributed by atoms with Crippen LogP contribution in [0.1, 0.15) is 38.1 Å². The summed E-state index contributed by atoms with van der Waals surface area (Å²) in [6.45, 7) is 8.33. The molecule has 100 valence electrons. The quantitative estimate of drug-likeness (QED) is 0.836. The topological polar surface area (TPSA) is 46.3 Å². The molecule has 0 saturated heterocycles. The van der Waals surface area contributed by atoms with E-state index in [-0.39, 0.29) is 17.4 Å². The molecule has 1 atom stereocenters. The Morgan fingerprint density at radius 3 is 2.44 bits per heavy atom. The van der Waals surface area contributed by atoms with Crippen LogP contribution in [-0.2, 0) is 0 Å². The number of nitrogens with zero attached hydrogens (tertiary/aromatic N) is 1. The van der Waals surface area contributed by atoms with E-state index < -0.39 is 0 Å². The number of nitrogen functional groups attached to an aromatic ring is 1. The number of hydrogen-bond donors (Lipinski definition) is 1. The van der Waals surface area contributed by atoms with Crippen molar-refractivity contribution < 1.29 is 4.79 Å². The standard InChI is InChI=1S/C14H21ClN2O/c1-9(14(2,3)4)17(5)13(18)10-7-6-8-11(15)12(10)16/h6-9H,16H2,1-5H3. The molecule has 0 aromatic heterocycles. The highest BCUT2D eigenvalue weighted by molar-refractivity contribution is 6.33. The molecular formula is C14H21ClN2O. The highest BCUT2D eigenvalue weighted by Crippen LogP contribution is 2.27. The molecule has 0 radical (unpaired) electrons. The number of nitrogens with two attached hydrogens (primary N) is 1. The molecule has 3 nitrogen and oxygen atoms in total. The molecule has 18 heavy (non-hydrogen) atoms. The molecule has 0 aliphatic rings. The summed E-state index contributed by atoms with van der Waals surface area (Å²) in [5, 5.41) is 0.415. The molecule has 4 heteroatoms. The summed E-state index contributed by atoms with van der Waals surface area (Å²) in [6.07, 6.45) is 0. The molecule has 1 amide bonds. The van der Waals surface area contributed by atoms with E-state index in [9.17, 15) is 4.79 Å². The van der Waals surface area contributed by atoms with Gasteiger partial charge >= 0.3 is 0 Å². The van der Waals surface area contributed by atoms with E-state index in [0.29, 0.717) is 16.3 Å². The first kappa shape index (κ1) is 14.8. The second-order valence-electron chi connectivity index (χ2n) is 5.66. The lowest BCUT2D eigenvalue weighted by Crippen LogP contribution is -2.43. The SMILES string of the molecule is CC(N(C)C(=O)c1cccc(Cl)c1N)C(C)(C)C. The van der Waals surface area contributed by atoms with Crippen molar-refractivity contribution in [1.82, 2.24) is 4.90 Å². The van der Waals surface area contributed by atoms with Crippen LogP contribution in [0, 0.1) is 5.41 Å². The van der Waals surface area contributed by atoms with E-state index >= 15 is 0 Å². The fraction of sp³-hybridized carbons (Fsp3) is 0.500. The largest absolute Gasteiger partial charge is 0.397 e. The van der Waals surface area contributed by atoms with Gasteiger partial charge in [-0.15, -0.1) is 0 Å². The summed E-state index contributed by atoms with van der Waals surface area (Å²) in [6, 6.07) is 5.22. The van der Waals surface area contributed by atoms with Crippen LogP contribution in [0.25, 0.3) is 0 Å². The monoisotopic (exact) mass is 268 g/mol. The molecule has 1 unspecified atom stereocenters. The zero-order chi connectivity index (χ0) is 14.1. The van der Waals surface area contributed by atoms with Gasteiger partial charge in [0.1, 0.15) is 0 Å². The smallest absolute Gasteiger partial charge is 0.255 e. The maximum atomic E-state index is 12.4. The number of hydrogen-bond acceptors (Lipinski definition) is 2. The fourth-order valence-electron chi connectivity index (χ4n) is 1.67. The van der Waals surface area contributed by atoms with Crippen LogP contribution >= 0.6 is 11.6 Å². The molecule has 0 saturated carbocycles. The molecule has 0 heterocycles. The molecule has 0 spiro atoms. The highest BCUT2D eigenvalue weighted by Gasteiger charge is 2.28. The van der Waals surface area contributed by atoms with Gasteiger partial charge in [0.25, 0.3) is 5.91 Å². The van der Waals surface area contributed by atoms with E-state index in [1.54, 1.807) is 30.1 Å². The van der Waals surface area contributed by atoms with Crippen molar-refractivity contribution in [2.45, 2.75) is 33.7 Å². The number of carbonyl (C=O) groups excluding carboxylic acids is 1. The first-order valence-electron chi connectivity index (χ1n) is 5.97. The third-order valence-corrected chi connectivity index (χ3v) is 3.77. The van der Waals surface area contributed by atoms with Gasteiger partial charge in [-0.2, -0.15) is 0 Å². The minimum Gasteiger partial charge on any atom is -0.397 e. The van der Waals surface area contributed by atoms with Gasteiger partial charge in [-0.3, -0.25) is 4.79 Å². The Morgan fingerprint density at radius 2 is 1.94 bits per heavy atom. The molecule has 0 aliphatic heterocycles. The van der Waals surface area contributed by atoms with Crippen LogP contribution in [0.4, 0.5) is 5.69 Å². The van der Waals surface area contributed by atoms with Gasteiger partial charge in [0, 0.05) is 13.1 Å². The van der Waals surface area contributed by atoms with Gasteiger partial charge < -0.3 is 10.6 Å². The fourth-order valence-corrected chi connectivity index (χ4v) is 1.84. The van der Waals surface area contributed by atoms with E-state index in [1.807, 2.05) is 6.92 Å². The summed E-state index contributed by atoms with van der Waals surface area (Å²) < 4.78 is 0. The van der Waals surface area contributed by atoms with Crippen LogP contribution in [0.15, 0.2) is 18.2 Å².